The second kappa shape index (κ2) is 5.49. The minimum atomic E-state index is -2.81. The molecule has 1 rings (SSSR count). The topological polar surface area (TPSA) is 46.2 Å². The Bertz CT molecular complexity index is 355. The maximum Gasteiger partial charge on any atom is 0.147 e. The van der Waals surface area contributed by atoms with E-state index in [-0.39, 0.29) is 0 Å². The summed E-state index contributed by atoms with van der Waals surface area (Å²) in [5.41, 5.74) is 0.770. The Morgan fingerprint density at radius 1 is 1.11 bits per heavy atom. The van der Waals surface area contributed by atoms with Gasteiger partial charge in [-0.3, -0.25) is 0 Å². The number of sulfone groups is 1. The number of hydrogen-bond acceptors (Lipinski definition) is 3. The van der Waals surface area contributed by atoms with Gasteiger partial charge in [-0.05, 0) is 43.1 Å². The summed E-state index contributed by atoms with van der Waals surface area (Å²) in [7, 11) is -2.81. The smallest absolute Gasteiger partial charge is 0.147 e. The van der Waals surface area contributed by atoms with Gasteiger partial charge in [0.25, 0.3) is 0 Å². The summed E-state index contributed by atoms with van der Waals surface area (Å²) in [5.74, 6) is 0.291. The Balaban J connectivity index is 2.38. The fourth-order valence-corrected chi connectivity index (χ4v) is 4.30. The molecule has 0 spiro atoms. The molecule has 3 nitrogen and oxygen atoms in total. The van der Waals surface area contributed by atoms with Crippen molar-refractivity contribution in [1.29, 1.82) is 0 Å². The lowest BCUT2D eigenvalue weighted by atomic mass is 9.63. The minimum absolute atomic E-state index is 0.291. The van der Waals surface area contributed by atoms with Crippen molar-refractivity contribution in [2.45, 2.75) is 59.4 Å². The molecule has 0 heterocycles. The number of hydrogen-bond donors (Lipinski definition) is 1. The van der Waals surface area contributed by atoms with Gasteiger partial charge in [-0.2, -0.15) is 0 Å². The third-order valence-corrected chi connectivity index (χ3v) is 4.71. The monoisotopic (exact) mass is 275 g/mol. The van der Waals surface area contributed by atoms with Gasteiger partial charge >= 0.3 is 0 Å². The molecule has 1 aliphatic rings. The van der Waals surface area contributed by atoms with Crippen molar-refractivity contribution < 1.29 is 8.42 Å². The van der Waals surface area contributed by atoms with E-state index in [2.05, 4.69) is 33.0 Å². The highest BCUT2D eigenvalue weighted by atomic mass is 32.2. The van der Waals surface area contributed by atoms with E-state index in [9.17, 15) is 8.42 Å². The molecule has 0 atom stereocenters. The normalized spacial score (nSPS) is 24.1. The van der Waals surface area contributed by atoms with Gasteiger partial charge in [-0.1, -0.05) is 27.7 Å². The highest BCUT2D eigenvalue weighted by molar-refractivity contribution is 7.90. The molecule has 0 unspecified atom stereocenters. The van der Waals surface area contributed by atoms with Crippen LogP contribution in [0.25, 0.3) is 0 Å². The van der Waals surface area contributed by atoms with Gasteiger partial charge in [-0.15, -0.1) is 0 Å². The Hall–Kier alpha value is -0.0900. The van der Waals surface area contributed by atoms with E-state index in [1.807, 2.05) is 0 Å². The third-order valence-electron chi connectivity index (χ3n) is 3.68. The molecule has 0 aromatic carbocycles. The van der Waals surface area contributed by atoms with Crippen LogP contribution >= 0.6 is 0 Å². The number of nitrogens with one attached hydrogen (secondary N) is 1. The van der Waals surface area contributed by atoms with E-state index in [4.69, 9.17) is 0 Å². The van der Waals surface area contributed by atoms with E-state index < -0.39 is 9.84 Å². The first kappa shape index (κ1) is 16.0. The second-order valence-corrected chi connectivity index (χ2v) is 9.81. The third kappa shape index (κ3) is 6.19. The first-order chi connectivity index (χ1) is 7.99. The standard InChI is InChI=1S/C14H29NO2S/c1-13(2)9-12(10-14(3,4)11-13)15-7-6-8-18(5,16)17/h12,15H,6-11H2,1-5H3. The van der Waals surface area contributed by atoms with E-state index >= 15 is 0 Å². The molecule has 1 fully saturated rings. The fourth-order valence-electron chi connectivity index (χ4n) is 3.63. The van der Waals surface area contributed by atoms with Crippen LogP contribution in [0.15, 0.2) is 0 Å². The van der Waals surface area contributed by atoms with Gasteiger partial charge in [-0.25, -0.2) is 8.42 Å². The minimum Gasteiger partial charge on any atom is -0.314 e. The van der Waals surface area contributed by atoms with Crippen molar-refractivity contribution in [3.63, 3.8) is 0 Å². The SMILES string of the molecule is CC1(C)CC(NCCCS(C)(=O)=O)CC(C)(C)C1. The lowest BCUT2D eigenvalue weighted by Gasteiger charge is -2.45. The molecule has 0 bridgehead atoms. The lowest BCUT2D eigenvalue weighted by Crippen LogP contribution is -2.44. The van der Waals surface area contributed by atoms with E-state index in [1.54, 1.807) is 0 Å². The Morgan fingerprint density at radius 3 is 2.06 bits per heavy atom. The molecule has 0 radical (unpaired) electrons. The van der Waals surface area contributed by atoms with Crippen molar-refractivity contribution in [2.75, 3.05) is 18.6 Å². The van der Waals surface area contributed by atoms with E-state index in [0.29, 0.717) is 22.6 Å². The van der Waals surface area contributed by atoms with Gasteiger partial charge in [0.2, 0.25) is 0 Å². The first-order valence-electron chi connectivity index (χ1n) is 6.90. The molecular formula is C14H29NO2S. The summed E-state index contributed by atoms with van der Waals surface area (Å²) in [6.45, 7) is 10.1. The maximum absolute atomic E-state index is 11.1. The quantitative estimate of drug-likeness (QED) is 0.785. The van der Waals surface area contributed by atoms with Gasteiger partial charge in [0.15, 0.2) is 0 Å². The Morgan fingerprint density at radius 2 is 1.61 bits per heavy atom. The van der Waals surface area contributed by atoms with Crippen LogP contribution in [0, 0.1) is 10.8 Å². The molecule has 1 N–H and O–H groups in total. The summed E-state index contributed by atoms with van der Waals surface area (Å²) in [6, 6.07) is 0.531. The maximum atomic E-state index is 11.1. The van der Waals surface area contributed by atoms with Crippen LogP contribution in [0.1, 0.15) is 53.4 Å². The molecule has 0 saturated heterocycles. The molecule has 108 valence electrons. The zero-order valence-electron chi connectivity index (χ0n) is 12.5. The lowest BCUT2D eigenvalue weighted by molar-refractivity contribution is 0.0853. The summed E-state index contributed by atoms with van der Waals surface area (Å²) in [6.07, 6.45) is 5.67. The van der Waals surface area contributed by atoms with Crippen molar-refractivity contribution >= 4 is 9.84 Å². The highest BCUT2D eigenvalue weighted by Crippen LogP contribution is 2.45. The van der Waals surface area contributed by atoms with Crippen molar-refractivity contribution in [1.82, 2.24) is 5.32 Å². The zero-order valence-corrected chi connectivity index (χ0v) is 13.4. The molecule has 0 aliphatic heterocycles. The predicted octanol–water partition coefficient (Wildman–Crippen LogP) is 2.62. The van der Waals surface area contributed by atoms with Gasteiger partial charge in [0.05, 0.1) is 5.75 Å². The average molecular weight is 275 g/mol. The average Bonchev–Trinajstić information content (AvgIpc) is 2.05. The van der Waals surface area contributed by atoms with Gasteiger partial charge in [0.1, 0.15) is 9.84 Å². The summed E-state index contributed by atoms with van der Waals surface area (Å²) < 4.78 is 22.1. The highest BCUT2D eigenvalue weighted by Gasteiger charge is 2.37. The first-order valence-corrected chi connectivity index (χ1v) is 8.96. The van der Waals surface area contributed by atoms with Crippen LogP contribution in [0.5, 0.6) is 0 Å². The summed E-state index contributed by atoms with van der Waals surface area (Å²) in [4.78, 5) is 0. The summed E-state index contributed by atoms with van der Waals surface area (Å²) in [5, 5.41) is 3.54. The molecule has 0 amide bonds. The Labute approximate surface area is 113 Å². The van der Waals surface area contributed by atoms with Gasteiger partial charge in [0, 0.05) is 12.3 Å². The van der Waals surface area contributed by atoms with Crippen LogP contribution in [0.4, 0.5) is 0 Å². The molecular weight excluding hydrogens is 246 g/mol. The van der Waals surface area contributed by atoms with Crippen LogP contribution in [-0.4, -0.2) is 33.0 Å². The van der Waals surface area contributed by atoms with Crippen molar-refractivity contribution in [2.24, 2.45) is 10.8 Å². The van der Waals surface area contributed by atoms with Gasteiger partial charge < -0.3 is 5.32 Å². The molecule has 0 aromatic rings. The molecule has 4 heteroatoms. The van der Waals surface area contributed by atoms with Crippen LogP contribution in [-0.2, 0) is 9.84 Å². The van der Waals surface area contributed by atoms with E-state index in [1.165, 1.54) is 25.5 Å². The van der Waals surface area contributed by atoms with Crippen LogP contribution in [0.2, 0.25) is 0 Å². The predicted molar refractivity (Wildman–Crippen MR) is 77.5 cm³/mol. The molecule has 18 heavy (non-hydrogen) atoms. The summed E-state index contributed by atoms with van der Waals surface area (Å²) >= 11 is 0. The van der Waals surface area contributed by atoms with Crippen molar-refractivity contribution in [3.8, 4) is 0 Å². The fraction of sp³-hybridized carbons (Fsp3) is 1.00. The molecule has 1 aliphatic carbocycles. The van der Waals surface area contributed by atoms with E-state index in [0.717, 1.165) is 13.0 Å². The second-order valence-electron chi connectivity index (χ2n) is 7.55. The van der Waals surface area contributed by atoms with Crippen molar-refractivity contribution in [3.05, 3.63) is 0 Å². The Kier molecular flexibility index (Phi) is 4.87. The molecule has 1 saturated carbocycles. The zero-order chi connectivity index (χ0) is 14.0. The largest absolute Gasteiger partial charge is 0.314 e. The number of rotatable bonds is 5. The molecule has 0 aromatic heterocycles. The van der Waals surface area contributed by atoms with Crippen LogP contribution in [0.3, 0.4) is 0 Å². The van der Waals surface area contributed by atoms with Crippen LogP contribution < -0.4 is 5.32 Å².